The van der Waals surface area contributed by atoms with Crippen LogP contribution in [0.1, 0.15) is 40.0 Å². The number of aliphatic carboxylic acids is 1. The summed E-state index contributed by atoms with van der Waals surface area (Å²) in [6, 6.07) is -0.841. The van der Waals surface area contributed by atoms with E-state index in [-0.39, 0.29) is 0 Å². The van der Waals surface area contributed by atoms with Crippen LogP contribution in [0, 0.1) is 0 Å². The fraction of sp³-hybridized carbons (Fsp3) is 0.846. The molecule has 0 spiro atoms. The number of unbranched alkanes of at least 4 members (excludes halogenated alkanes) is 1. The lowest BCUT2D eigenvalue weighted by Crippen LogP contribution is -2.44. The number of hydrogen-bond acceptors (Lipinski definition) is 4. The van der Waals surface area contributed by atoms with E-state index in [0.29, 0.717) is 6.42 Å². The molecule has 0 aromatic heterocycles. The summed E-state index contributed by atoms with van der Waals surface area (Å²) in [5, 5.41) is 12.2. The molecule has 0 unspecified atom stereocenters. The maximum Gasteiger partial charge on any atom is 0.410 e. The molecule has 0 saturated carbocycles. The first kappa shape index (κ1) is 17.7. The van der Waals surface area contributed by atoms with Crippen LogP contribution >= 0.6 is 0 Å². The van der Waals surface area contributed by atoms with Gasteiger partial charge in [0, 0.05) is 7.05 Å². The predicted molar refractivity (Wildman–Crippen MR) is 73.2 cm³/mol. The summed E-state index contributed by atoms with van der Waals surface area (Å²) < 4.78 is 5.17. The van der Waals surface area contributed by atoms with Gasteiger partial charge in [-0.15, -0.1) is 0 Å². The minimum absolute atomic E-state index is 0.423. The maximum atomic E-state index is 11.8. The number of amides is 1. The van der Waals surface area contributed by atoms with Crippen LogP contribution in [0.5, 0.6) is 0 Å². The van der Waals surface area contributed by atoms with Crippen LogP contribution in [0.2, 0.25) is 0 Å². The Morgan fingerprint density at radius 1 is 1.32 bits per heavy atom. The van der Waals surface area contributed by atoms with Gasteiger partial charge in [0.2, 0.25) is 0 Å². The van der Waals surface area contributed by atoms with E-state index in [9.17, 15) is 14.7 Å². The Morgan fingerprint density at radius 3 is 2.32 bits per heavy atom. The smallest absolute Gasteiger partial charge is 0.410 e. The molecule has 1 atom stereocenters. The fourth-order valence-corrected chi connectivity index (χ4v) is 1.58. The molecule has 0 aliphatic carbocycles. The molecular weight excluding hydrogens is 248 g/mol. The summed E-state index contributed by atoms with van der Waals surface area (Å²) in [5.74, 6) is -1.00. The molecule has 1 amide bonds. The number of carbonyl (C=O) groups is 2. The predicted octanol–water partition coefficient (Wildman–Crippen LogP) is 1.70. The molecule has 0 bridgehead atoms. The Balaban J connectivity index is 4.44. The van der Waals surface area contributed by atoms with Crippen molar-refractivity contribution >= 4 is 12.1 Å². The molecule has 0 rings (SSSR count). The van der Waals surface area contributed by atoms with E-state index in [4.69, 9.17) is 4.74 Å². The molecule has 0 aliphatic heterocycles. The van der Waals surface area contributed by atoms with Crippen LogP contribution < -0.4 is 5.32 Å². The number of nitrogens with one attached hydrogen (secondary N) is 1. The summed E-state index contributed by atoms with van der Waals surface area (Å²) in [7, 11) is 3.31. The summed E-state index contributed by atoms with van der Waals surface area (Å²) in [5.41, 5.74) is -0.624. The van der Waals surface area contributed by atoms with Crippen LogP contribution in [-0.4, -0.2) is 54.4 Å². The van der Waals surface area contributed by atoms with Crippen LogP contribution in [0.25, 0.3) is 0 Å². The Labute approximate surface area is 115 Å². The second-order valence-electron chi connectivity index (χ2n) is 5.54. The number of likely N-dealkylation sites (N-methyl/N-ethyl adjacent to an activating group) is 1. The molecule has 0 aromatic rings. The maximum absolute atomic E-state index is 11.8. The summed E-state index contributed by atoms with van der Waals surface area (Å²) >= 11 is 0. The Hall–Kier alpha value is -1.30. The average Bonchev–Trinajstić information content (AvgIpc) is 2.25. The Morgan fingerprint density at radius 2 is 1.89 bits per heavy atom. The SMILES string of the molecule is CNCCCC[C@@H](C(=O)O)N(C)C(=O)OC(C)(C)C. The molecule has 0 heterocycles. The zero-order valence-corrected chi connectivity index (χ0v) is 12.5. The molecule has 0 fully saturated rings. The van der Waals surface area contributed by atoms with Crippen LogP contribution in [0.15, 0.2) is 0 Å². The standard InChI is InChI=1S/C13H26N2O4/c1-13(2,3)19-12(18)15(5)10(11(16)17)8-6-7-9-14-4/h10,14H,6-9H2,1-5H3,(H,16,17)/t10-/m0/s1. The van der Waals surface area contributed by atoms with Gasteiger partial charge in [0.25, 0.3) is 0 Å². The van der Waals surface area contributed by atoms with E-state index in [1.807, 2.05) is 7.05 Å². The van der Waals surface area contributed by atoms with E-state index in [0.717, 1.165) is 24.3 Å². The highest BCUT2D eigenvalue weighted by molar-refractivity contribution is 5.79. The Kier molecular flexibility index (Phi) is 7.44. The van der Waals surface area contributed by atoms with Gasteiger partial charge >= 0.3 is 12.1 Å². The number of carbonyl (C=O) groups excluding carboxylic acids is 1. The number of carboxylic acid groups (broad SMARTS) is 1. The number of ether oxygens (including phenoxy) is 1. The van der Waals surface area contributed by atoms with Gasteiger partial charge in [0.1, 0.15) is 11.6 Å². The van der Waals surface area contributed by atoms with Gasteiger partial charge in [0.15, 0.2) is 0 Å². The molecule has 0 aliphatic rings. The first-order chi connectivity index (χ1) is 8.69. The van der Waals surface area contributed by atoms with Crippen molar-refractivity contribution in [2.45, 2.75) is 51.7 Å². The molecule has 0 radical (unpaired) electrons. The van der Waals surface area contributed by atoms with Gasteiger partial charge in [-0.25, -0.2) is 9.59 Å². The van der Waals surface area contributed by atoms with Crippen molar-refractivity contribution in [2.24, 2.45) is 0 Å². The van der Waals surface area contributed by atoms with Crippen LogP contribution in [0.4, 0.5) is 4.79 Å². The van der Waals surface area contributed by atoms with E-state index in [1.54, 1.807) is 20.8 Å². The summed E-state index contributed by atoms with van der Waals surface area (Å²) in [6.45, 7) is 6.09. The molecule has 6 heteroatoms. The minimum Gasteiger partial charge on any atom is -0.480 e. The van der Waals surface area contributed by atoms with E-state index < -0.39 is 23.7 Å². The van der Waals surface area contributed by atoms with Crippen molar-refractivity contribution in [3.8, 4) is 0 Å². The zero-order valence-electron chi connectivity index (χ0n) is 12.5. The number of rotatable bonds is 7. The van der Waals surface area contributed by atoms with Crippen molar-refractivity contribution < 1.29 is 19.4 Å². The largest absolute Gasteiger partial charge is 0.480 e. The average molecular weight is 274 g/mol. The molecule has 112 valence electrons. The van der Waals surface area contributed by atoms with Gasteiger partial charge in [-0.2, -0.15) is 0 Å². The first-order valence-corrected chi connectivity index (χ1v) is 6.52. The Bertz CT molecular complexity index is 300. The van der Waals surface area contributed by atoms with E-state index in [1.165, 1.54) is 7.05 Å². The van der Waals surface area contributed by atoms with Crippen molar-refractivity contribution in [3.63, 3.8) is 0 Å². The summed E-state index contributed by atoms with van der Waals surface area (Å²) in [6.07, 6.45) is 1.44. The highest BCUT2D eigenvalue weighted by Crippen LogP contribution is 2.14. The van der Waals surface area contributed by atoms with Crippen molar-refractivity contribution in [1.82, 2.24) is 10.2 Å². The molecular formula is C13H26N2O4. The van der Waals surface area contributed by atoms with E-state index in [2.05, 4.69) is 5.32 Å². The second-order valence-corrected chi connectivity index (χ2v) is 5.54. The third kappa shape index (κ3) is 7.66. The number of carboxylic acids is 1. The molecule has 19 heavy (non-hydrogen) atoms. The lowest BCUT2D eigenvalue weighted by Gasteiger charge is -2.28. The summed E-state index contributed by atoms with van der Waals surface area (Å²) in [4.78, 5) is 24.2. The van der Waals surface area contributed by atoms with Crippen molar-refractivity contribution in [3.05, 3.63) is 0 Å². The zero-order chi connectivity index (χ0) is 15.1. The van der Waals surface area contributed by atoms with Gasteiger partial charge < -0.3 is 15.2 Å². The second kappa shape index (κ2) is 7.99. The topological polar surface area (TPSA) is 78.9 Å². The van der Waals surface area contributed by atoms with Crippen molar-refractivity contribution in [2.75, 3.05) is 20.6 Å². The van der Waals surface area contributed by atoms with Gasteiger partial charge in [-0.05, 0) is 53.6 Å². The monoisotopic (exact) mass is 274 g/mol. The van der Waals surface area contributed by atoms with Gasteiger partial charge in [-0.3, -0.25) is 4.90 Å². The fourth-order valence-electron chi connectivity index (χ4n) is 1.58. The quantitative estimate of drug-likeness (QED) is 0.691. The van der Waals surface area contributed by atoms with Crippen LogP contribution in [0.3, 0.4) is 0 Å². The lowest BCUT2D eigenvalue weighted by atomic mass is 10.1. The third-order valence-electron chi connectivity index (χ3n) is 2.59. The molecule has 6 nitrogen and oxygen atoms in total. The van der Waals surface area contributed by atoms with E-state index >= 15 is 0 Å². The number of nitrogens with zero attached hydrogens (tertiary/aromatic N) is 1. The van der Waals surface area contributed by atoms with Gasteiger partial charge in [0.05, 0.1) is 0 Å². The molecule has 0 saturated heterocycles. The van der Waals surface area contributed by atoms with Crippen LogP contribution in [-0.2, 0) is 9.53 Å². The number of hydrogen-bond donors (Lipinski definition) is 2. The highest BCUT2D eigenvalue weighted by Gasteiger charge is 2.29. The third-order valence-corrected chi connectivity index (χ3v) is 2.59. The molecule has 0 aromatic carbocycles. The first-order valence-electron chi connectivity index (χ1n) is 6.52. The minimum atomic E-state index is -1.00. The van der Waals surface area contributed by atoms with Crippen molar-refractivity contribution in [1.29, 1.82) is 0 Å². The lowest BCUT2D eigenvalue weighted by molar-refractivity contribution is -0.143. The molecule has 2 N–H and O–H groups in total. The highest BCUT2D eigenvalue weighted by atomic mass is 16.6. The van der Waals surface area contributed by atoms with Gasteiger partial charge in [-0.1, -0.05) is 0 Å². The normalized spacial score (nSPS) is 12.9.